The summed E-state index contributed by atoms with van der Waals surface area (Å²) in [6.07, 6.45) is -4.68. The zero-order valence-electron chi connectivity index (χ0n) is 15.6. The van der Waals surface area contributed by atoms with Gasteiger partial charge in [-0.3, -0.25) is 30.9 Å². The highest BCUT2D eigenvalue weighted by Crippen LogP contribution is 2.36. The zero-order valence-corrected chi connectivity index (χ0v) is 15.6. The molecule has 15 heteroatoms. The third kappa shape index (κ3) is 6.96. The van der Waals surface area contributed by atoms with Gasteiger partial charge in [0, 0.05) is 30.2 Å². The second-order valence-electron chi connectivity index (χ2n) is 5.79. The number of hydrogen-bond donors (Lipinski definition) is 4. The van der Waals surface area contributed by atoms with Gasteiger partial charge in [-0.1, -0.05) is 0 Å². The van der Waals surface area contributed by atoms with E-state index in [0.717, 1.165) is 18.5 Å². The minimum atomic E-state index is -5.04. The molecule has 5 N–H and O–H groups in total. The van der Waals surface area contributed by atoms with E-state index < -0.39 is 46.7 Å². The first-order valence-corrected chi connectivity index (χ1v) is 8.29. The van der Waals surface area contributed by atoms with E-state index in [1.54, 1.807) is 0 Å². The number of benzene rings is 1. The van der Waals surface area contributed by atoms with Crippen LogP contribution in [0.4, 0.5) is 26.3 Å². The fraction of sp³-hybridized carbons (Fsp3) is 0.118. The van der Waals surface area contributed by atoms with Crippen LogP contribution in [0.15, 0.2) is 54.2 Å². The number of hydrazine groups is 1. The molecule has 170 valence electrons. The van der Waals surface area contributed by atoms with Crippen molar-refractivity contribution in [1.29, 1.82) is 0 Å². The summed E-state index contributed by atoms with van der Waals surface area (Å²) in [6, 6.07) is 0.742. The summed E-state index contributed by atoms with van der Waals surface area (Å²) in [5, 5.41) is 3.39. The van der Waals surface area contributed by atoms with Crippen molar-refractivity contribution in [3.8, 4) is 0 Å². The Morgan fingerprint density at radius 3 is 2.12 bits per heavy atom. The van der Waals surface area contributed by atoms with Gasteiger partial charge in [-0.25, -0.2) is 4.98 Å². The van der Waals surface area contributed by atoms with E-state index in [2.05, 4.69) is 20.5 Å². The molecule has 0 bridgehead atoms. The first kappa shape index (κ1) is 24.1. The summed E-state index contributed by atoms with van der Waals surface area (Å²) in [5.74, 6) is -2.33. The van der Waals surface area contributed by atoms with Crippen LogP contribution < -0.4 is 22.0 Å². The molecule has 1 heterocycles. The third-order valence-electron chi connectivity index (χ3n) is 3.47. The number of rotatable bonds is 5. The predicted octanol–water partition coefficient (Wildman–Crippen LogP) is 1.70. The van der Waals surface area contributed by atoms with Crippen LogP contribution in [-0.2, 0) is 17.1 Å². The average Bonchev–Trinajstić information content (AvgIpc) is 2.74. The number of amidine groups is 1. The topological polar surface area (TPSA) is 134 Å². The van der Waals surface area contributed by atoms with Gasteiger partial charge in [0.25, 0.3) is 11.8 Å². The van der Waals surface area contributed by atoms with Crippen LogP contribution in [0.3, 0.4) is 0 Å². The molecule has 1 aromatic carbocycles. The lowest BCUT2D eigenvalue weighted by Gasteiger charge is -2.13. The van der Waals surface area contributed by atoms with Crippen LogP contribution >= 0.6 is 0 Å². The molecule has 9 nitrogen and oxygen atoms in total. The number of aromatic nitrogens is 2. The number of amides is 2. The largest absolute Gasteiger partial charge is 0.416 e. The second kappa shape index (κ2) is 9.76. The Balaban J connectivity index is 2.02. The van der Waals surface area contributed by atoms with Gasteiger partial charge in [0.15, 0.2) is 5.84 Å². The number of hydrogen-bond acceptors (Lipinski definition) is 6. The monoisotopic (exact) mass is 461 g/mol. The summed E-state index contributed by atoms with van der Waals surface area (Å²) >= 11 is 0. The molecule has 0 aliphatic carbocycles. The van der Waals surface area contributed by atoms with Gasteiger partial charge < -0.3 is 5.73 Å². The summed E-state index contributed by atoms with van der Waals surface area (Å²) in [7, 11) is 0. The molecular weight excluding hydrogens is 448 g/mol. The van der Waals surface area contributed by atoms with Crippen molar-refractivity contribution in [3.05, 3.63) is 71.4 Å². The molecule has 0 aliphatic heterocycles. The average molecular weight is 461 g/mol. The van der Waals surface area contributed by atoms with Crippen molar-refractivity contribution in [2.24, 2.45) is 10.8 Å². The Labute approximate surface area is 175 Å². The van der Waals surface area contributed by atoms with Crippen molar-refractivity contribution >= 4 is 17.6 Å². The Hall–Kier alpha value is -4.17. The first-order valence-electron chi connectivity index (χ1n) is 8.29. The molecule has 32 heavy (non-hydrogen) atoms. The van der Waals surface area contributed by atoms with E-state index in [4.69, 9.17) is 5.73 Å². The number of carbonyl (C=O) groups is 2. The van der Waals surface area contributed by atoms with Gasteiger partial charge in [0.1, 0.15) is 5.69 Å². The smallest absolute Gasteiger partial charge is 0.382 e. The Morgan fingerprint density at radius 1 is 0.969 bits per heavy atom. The molecule has 0 aliphatic rings. The number of nitrogens with two attached hydrogens (primary N) is 1. The number of halogens is 6. The van der Waals surface area contributed by atoms with Crippen LogP contribution in [0, 0.1) is 0 Å². The Bertz CT molecular complexity index is 1000. The second-order valence-corrected chi connectivity index (χ2v) is 5.79. The van der Waals surface area contributed by atoms with E-state index in [9.17, 15) is 35.9 Å². The molecule has 0 atom stereocenters. The highest BCUT2D eigenvalue weighted by molar-refractivity contribution is 5.98. The van der Waals surface area contributed by atoms with Gasteiger partial charge in [-0.05, 0) is 18.2 Å². The van der Waals surface area contributed by atoms with Crippen molar-refractivity contribution in [2.45, 2.75) is 12.4 Å². The summed E-state index contributed by atoms with van der Waals surface area (Å²) in [4.78, 5) is 30.6. The Kier molecular flexibility index (Phi) is 7.35. The summed E-state index contributed by atoms with van der Waals surface area (Å²) in [6.45, 7) is 0. The maximum atomic E-state index is 12.9. The minimum absolute atomic E-state index is 0.0518. The number of alkyl halides is 6. The van der Waals surface area contributed by atoms with Gasteiger partial charge in [-0.2, -0.15) is 31.4 Å². The molecule has 1 aromatic heterocycles. The van der Waals surface area contributed by atoms with Crippen molar-refractivity contribution in [3.63, 3.8) is 0 Å². The van der Waals surface area contributed by atoms with E-state index in [1.807, 2.05) is 10.9 Å². The molecule has 0 radical (unpaired) electrons. The van der Waals surface area contributed by atoms with Crippen molar-refractivity contribution in [1.82, 2.24) is 26.2 Å². The number of hydrazone groups is 1. The highest BCUT2D eigenvalue weighted by Gasteiger charge is 2.37. The van der Waals surface area contributed by atoms with Crippen molar-refractivity contribution < 1.29 is 35.9 Å². The lowest BCUT2D eigenvalue weighted by molar-refractivity contribution is -0.143. The van der Waals surface area contributed by atoms with Gasteiger partial charge >= 0.3 is 12.4 Å². The SMILES string of the molecule is N/C(=N\N/C=C\C(=O)NNC(=O)c1cnccn1)c1cc(C(F)(F)F)cc(C(F)(F)F)c1. The molecule has 0 saturated carbocycles. The molecule has 2 amide bonds. The first-order chi connectivity index (χ1) is 14.9. The van der Waals surface area contributed by atoms with Gasteiger partial charge in [0.2, 0.25) is 0 Å². The number of nitrogens with zero attached hydrogens (tertiary/aromatic N) is 3. The summed E-state index contributed by atoms with van der Waals surface area (Å²) in [5.41, 5.74) is 7.69. The Morgan fingerprint density at radius 2 is 1.59 bits per heavy atom. The molecule has 0 fully saturated rings. The predicted molar refractivity (Wildman–Crippen MR) is 97.1 cm³/mol. The summed E-state index contributed by atoms with van der Waals surface area (Å²) < 4.78 is 77.3. The molecule has 2 rings (SSSR count). The van der Waals surface area contributed by atoms with Crippen molar-refractivity contribution in [2.75, 3.05) is 0 Å². The third-order valence-corrected chi connectivity index (χ3v) is 3.47. The van der Waals surface area contributed by atoms with E-state index in [1.165, 1.54) is 12.4 Å². The quantitative estimate of drug-likeness (QED) is 0.176. The van der Waals surface area contributed by atoms with Crippen LogP contribution in [0.25, 0.3) is 0 Å². The highest BCUT2D eigenvalue weighted by atomic mass is 19.4. The van der Waals surface area contributed by atoms with E-state index in [0.29, 0.717) is 12.1 Å². The fourth-order valence-electron chi connectivity index (χ4n) is 2.03. The standard InChI is InChI=1S/C17H13F6N7O2/c18-16(19,20)10-5-9(6-11(7-10)17(21,22)23)14(24)29-27-2-1-13(31)28-30-15(32)12-8-25-3-4-26-12/h1-8,27H,(H2,24,29)(H,28,31)(H,30,32)/b2-1-. The lowest BCUT2D eigenvalue weighted by atomic mass is 10.0. The van der Waals surface area contributed by atoms with E-state index in [-0.39, 0.29) is 11.8 Å². The zero-order chi connectivity index (χ0) is 23.9. The van der Waals surface area contributed by atoms with Gasteiger partial charge in [0.05, 0.1) is 17.3 Å². The van der Waals surface area contributed by atoms with Crippen LogP contribution in [0.1, 0.15) is 27.2 Å². The van der Waals surface area contributed by atoms with Gasteiger partial charge in [-0.15, -0.1) is 0 Å². The maximum Gasteiger partial charge on any atom is 0.416 e. The maximum absolute atomic E-state index is 12.9. The van der Waals surface area contributed by atoms with Crippen LogP contribution in [0.2, 0.25) is 0 Å². The molecule has 2 aromatic rings. The van der Waals surface area contributed by atoms with E-state index >= 15 is 0 Å². The minimum Gasteiger partial charge on any atom is -0.382 e. The molecule has 0 unspecified atom stereocenters. The molecular formula is C17H13F6N7O2. The fourth-order valence-corrected chi connectivity index (χ4v) is 2.03. The normalized spacial score (nSPS) is 12.5. The lowest BCUT2D eigenvalue weighted by Crippen LogP contribution is -2.41. The number of carbonyl (C=O) groups excluding carboxylic acids is 2. The number of nitrogens with one attached hydrogen (secondary N) is 3. The van der Waals surface area contributed by atoms with Crippen LogP contribution in [0.5, 0.6) is 0 Å². The van der Waals surface area contributed by atoms with Crippen LogP contribution in [-0.4, -0.2) is 27.6 Å². The molecule has 0 saturated heterocycles. The molecule has 0 spiro atoms.